The zero-order chi connectivity index (χ0) is 13.1. The molecular formula is C15H16N2O2. The molecule has 1 saturated carbocycles. The van der Waals surface area contributed by atoms with Crippen molar-refractivity contribution in [2.75, 3.05) is 0 Å². The van der Waals surface area contributed by atoms with Crippen LogP contribution in [0, 0.1) is 5.92 Å². The van der Waals surface area contributed by atoms with E-state index in [1.165, 1.54) is 19.3 Å². The predicted molar refractivity (Wildman–Crippen MR) is 72.3 cm³/mol. The van der Waals surface area contributed by atoms with Gasteiger partial charge in [-0.25, -0.2) is 9.79 Å². The van der Waals surface area contributed by atoms with Crippen LogP contribution in [0.15, 0.2) is 35.1 Å². The van der Waals surface area contributed by atoms with Gasteiger partial charge in [0.2, 0.25) is 5.90 Å². The van der Waals surface area contributed by atoms with E-state index in [2.05, 4.69) is 9.98 Å². The van der Waals surface area contributed by atoms with Crippen molar-refractivity contribution >= 4 is 17.9 Å². The zero-order valence-corrected chi connectivity index (χ0v) is 10.7. The van der Waals surface area contributed by atoms with E-state index in [4.69, 9.17) is 4.74 Å². The van der Waals surface area contributed by atoms with E-state index in [1.54, 1.807) is 12.3 Å². The second-order valence-electron chi connectivity index (χ2n) is 4.96. The largest absolute Gasteiger partial charge is 0.406 e. The number of hydrogen-bond acceptors (Lipinski definition) is 4. The minimum Gasteiger partial charge on any atom is -0.406 e. The first-order valence-corrected chi connectivity index (χ1v) is 6.76. The van der Waals surface area contributed by atoms with Gasteiger partial charge in [0.25, 0.3) is 0 Å². The van der Waals surface area contributed by atoms with Gasteiger partial charge in [0.05, 0.1) is 5.69 Å². The van der Waals surface area contributed by atoms with E-state index in [9.17, 15) is 4.79 Å². The highest BCUT2D eigenvalue weighted by atomic mass is 16.6. The fraction of sp³-hybridized carbons (Fsp3) is 0.400. The number of esters is 1. The SMILES string of the molecule is O=C1OC(C2CCCCC2)=N/C1=C/c1ccccn1. The summed E-state index contributed by atoms with van der Waals surface area (Å²) in [6, 6.07) is 5.56. The highest BCUT2D eigenvalue weighted by molar-refractivity contribution is 6.07. The number of cyclic esters (lactones) is 1. The Morgan fingerprint density at radius 1 is 1.21 bits per heavy atom. The Labute approximate surface area is 112 Å². The molecule has 98 valence electrons. The topological polar surface area (TPSA) is 51.5 Å². The van der Waals surface area contributed by atoms with Gasteiger partial charge in [0.15, 0.2) is 5.70 Å². The molecule has 0 radical (unpaired) electrons. The normalized spacial score (nSPS) is 22.4. The second kappa shape index (κ2) is 5.34. The quantitative estimate of drug-likeness (QED) is 0.604. The fourth-order valence-electron chi connectivity index (χ4n) is 2.55. The van der Waals surface area contributed by atoms with Gasteiger partial charge in [-0.2, -0.15) is 0 Å². The molecule has 1 fully saturated rings. The summed E-state index contributed by atoms with van der Waals surface area (Å²) in [5.74, 6) is 0.561. The molecule has 0 amide bonds. The molecule has 4 nitrogen and oxygen atoms in total. The van der Waals surface area contributed by atoms with Crippen LogP contribution in [-0.4, -0.2) is 16.9 Å². The third kappa shape index (κ3) is 2.72. The van der Waals surface area contributed by atoms with Gasteiger partial charge in [0.1, 0.15) is 0 Å². The van der Waals surface area contributed by atoms with Gasteiger partial charge in [0, 0.05) is 12.1 Å². The molecule has 3 rings (SSSR count). The molecule has 1 aliphatic heterocycles. The highest BCUT2D eigenvalue weighted by Crippen LogP contribution is 2.29. The zero-order valence-electron chi connectivity index (χ0n) is 10.7. The summed E-state index contributed by atoms with van der Waals surface area (Å²) in [4.78, 5) is 20.3. The van der Waals surface area contributed by atoms with Crippen LogP contribution in [0.2, 0.25) is 0 Å². The lowest BCUT2D eigenvalue weighted by Gasteiger charge is -2.19. The van der Waals surface area contributed by atoms with E-state index >= 15 is 0 Å². The Hall–Kier alpha value is -1.97. The smallest absolute Gasteiger partial charge is 0.363 e. The molecule has 0 bridgehead atoms. The number of rotatable bonds is 2. The maximum Gasteiger partial charge on any atom is 0.363 e. The maximum absolute atomic E-state index is 11.8. The van der Waals surface area contributed by atoms with Gasteiger partial charge in [-0.05, 0) is 31.1 Å². The van der Waals surface area contributed by atoms with Gasteiger partial charge < -0.3 is 4.74 Å². The minimum absolute atomic E-state index is 0.312. The summed E-state index contributed by atoms with van der Waals surface area (Å²) in [5.41, 5.74) is 1.09. The standard InChI is InChI=1S/C15H16N2O2/c18-15-13(10-12-8-4-5-9-16-12)17-14(19-15)11-6-2-1-3-7-11/h4-5,8-11H,1-3,6-7H2/b13-10+. The van der Waals surface area contributed by atoms with Crippen LogP contribution in [0.5, 0.6) is 0 Å². The Kier molecular flexibility index (Phi) is 3.40. The number of hydrogen-bond donors (Lipinski definition) is 0. The average Bonchev–Trinajstić information content (AvgIpc) is 2.82. The number of nitrogens with zero attached hydrogens (tertiary/aromatic N) is 2. The van der Waals surface area contributed by atoms with Gasteiger partial charge in [-0.1, -0.05) is 25.3 Å². The lowest BCUT2D eigenvalue weighted by molar-refractivity contribution is -0.130. The molecular weight excluding hydrogens is 240 g/mol. The third-order valence-corrected chi connectivity index (χ3v) is 3.56. The van der Waals surface area contributed by atoms with Crippen molar-refractivity contribution in [2.45, 2.75) is 32.1 Å². The molecule has 1 aromatic heterocycles. The first-order valence-electron chi connectivity index (χ1n) is 6.76. The summed E-state index contributed by atoms with van der Waals surface area (Å²) in [5, 5.41) is 0. The number of ether oxygens (including phenoxy) is 1. The van der Waals surface area contributed by atoms with Crippen molar-refractivity contribution in [3.05, 3.63) is 35.8 Å². The van der Waals surface area contributed by atoms with Crippen molar-refractivity contribution in [3.63, 3.8) is 0 Å². The van der Waals surface area contributed by atoms with Crippen LogP contribution in [0.25, 0.3) is 6.08 Å². The van der Waals surface area contributed by atoms with Crippen LogP contribution in [0.3, 0.4) is 0 Å². The minimum atomic E-state index is -0.355. The Balaban J connectivity index is 1.81. The molecule has 19 heavy (non-hydrogen) atoms. The van der Waals surface area contributed by atoms with Crippen LogP contribution in [0.4, 0.5) is 0 Å². The van der Waals surface area contributed by atoms with E-state index in [0.29, 0.717) is 17.5 Å². The van der Waals surface area contributed by atoms with Crippen LogP contribution in [-0.2, 0) is 9.53 Å². The summed E-state index contributed by atoms with van der Waals surface area (Å²) < 4.78 is 5.30. The van der Waals surface area contributed by atoms with Gasteiger partial charge >= 0.3 is 5.97 Å². The molecule has 1 aromatic rings. The Morgan fingerprint density at radius 2 is 2.05 bits per heavy atom. The van der Waals surface area contributed by atoms with Crippen molar-refractivity contribution in [1.29, 1.82) is 0 Å². The molecule has 2 aliphatic rings. The van der Waals surface area contributed by atoms with Crippen LogP contribution >= 0.6 is 0 Å². The third-order valence-electron chi connectivity index (χ3n) is 3.56. The van der Waals surface area contributed by atoms with Crippen molar-refractivity contribution in [2.24, 2.45) is 10.9 Å². The van der Waals surface area contributed by atoms with E-state index in [-0.39, 0.29) is 5.97 Å². The average molecular weight is 256 g/mol. The first-order chi connectivity index (χ1) is 9.33. The van der Waals surface area contributed by atoms with Crippen molar-refractivity contribution < 1.29 is 9.53 Å². The maximum atomic E-state index is 11.8. The highest BCUT2D eigenvalue weighted by Gasteiger charge is 2.30. The van der Waals surface area contributed by atoms with Crippen molar-refractivity contribution in [1.82, 2.24) is 4.98 Å². The molecule has 0 aromatic carbocycles. The Morgan fingerprint density at radius 3 is 2.79 bits per heavy atom. The molecule has 0 N–H and O–H groups in total. The molecule has 0 spiro atoms. The number of carbonyl (C=O) groups excluding carboxylic acids is 1. The second-order valence-corrected chi connectivity index (χ2v) is 4.96. The fourth-order valence-corrected chi connectivity index (χ4v) is 2.55. The molecule has 0 saturated heterocycles. The summed E-state index contributed by atoms with van der Waals surface area (Å²) in [6.45, 7) is 0. The molecule has 0 atom stereocenters. The lowest BCUT2D eigenvalue weighted by atomic mass is 9.89. The molecule has 2 heterocycles. The van der Waals surface area contributed by atoms with Gasteiger partial charge in [-0.15, -0.1) is 0 Å². The predicted octanol–water partition coefficient (Wildman–Crippen LogP) is 2.96. The van der Waals surface area contributed by atoms with E-state index in [0.717, 1.165) is 18.5 Å². The van der Waals surface area contributed by atoms with Crippen molar-refractivity contribution in [3.8, 4) is 0 Å². The van der Waals surface area contributed by atoms with E-state index in [1.807, 2.05) is 18.2 Å². The number of aliphatic imine (C=N–C) groups is 1. The monoisotopic (exact) mass is 256 g/mol. The summed E-state index contributed by atoms with van der Waals surface area (Å²) in [7, 11) is 0. The van der Waals surface area contributed by atoms with Gasteiger partial charge in [-0.3, -0.25) is 4.98 Å². The number of aromatic nitrogens is 1. The lowest BCUT2D eigenvalue weighted by Crippen LogP contribution is -2.19. The van der Waals surface area contributed by atoms with Crippen LogP contribution < -0.4 is 0 Å². The van der Waals surface area contributed by atoms with Crippen LogP contribution in [0.1, 0.15) is 37.8 Å². The summed E-state index contributed by atoms with van der Waals surface area (Å²) in [6.07, 6.45) is 9.18. The number of carbonyl (C=O) groups is 1. The molecule has 1 aliphatic carbocycles. The van der Waals surface area contributed by atoms with E-state index < -0.39 is 0 Å². The summed E-state index contributed by atoms with van der Waals surface area (Å²) >= 11 is 0. The molecule has 4 heteroatoms. The Bertz CT molecular complexity index is 528. The number of pyridine rings is 1. The molecule has 0 unspecified atom stereocenters. The first kappa shape index (κ1) is 12.1.